The summed E-state index contributed by atoms with van der Waals surface area (Å²) < 4.78 is 5.84. The molecule has 0 radical (unpaired) electrons. The number of hydrogen-bond acceptors (Lipinski definition) is 4. The molecular weight excluding hydrogens is 298 g/mol. The van der Waals surface area contributed by atoms with Crippen LogP contribution in [0.15, 0.2) is 53.8 Å². The van der Waals surface area contributed by atoms with Crippen LogP contribution in [0.4, 0.5) is 5.69 Å². The van der Waals surface area contributed by atoms with Gasteiger partial charge in [-0.1, -0.05) is 29.8 Å². The van der Waals surface area contributed by atoms with E-state index in [1.807, 2.05) is 0 Å². The Morgan fingerprint density at radius 1 is 1.08 bits per heavy atom. The van der Waals surface area contributed by atoms with Crippen molar-refractivity contribution in [3.05, 3.63) is 53.8 Å². The quantitative estimate of drug-likeness (QED) is 0.921. The van der Waals surface area contributed by atoms with Gasteiger partial charge >= 0.3 is 0 Å². The number of rotatable bonds is 4. The second-order valence-electron chi connectivity index (χ2n) is 7.19. The summed E-state index contributed by atoms with van der Waals surface area (Å²) in [6, 6.07) is 10.6. The lowest BCUT2D eigenvalue weighted by Crippen LogP contribution is -2.45. The van der Waals surface area contributed by atoms with E-state index in [9.17, 15) is 0 Å². The fraction of sp³-hybridized carbons (Fsp3) is 0.500. The highest BCUT2D eigenvalue weighted by Crippen LogP contribution is 2.37. The minimum Gasteiger partial charge on any atom is -0.373 e. The first kappa shape index (κ1) is 15.9. The zero-order valence-electron chi connectivity index (χ0n) is 14.6. The molecular formula is C20H27N3O. The van der Waals surface area contributed by atoms with Crippen LogP contribution < -0.4 is 10.4 Å². The highest BCUT2D eigenvalue weighted by molar-refractivity contribution is 5.57. The molecule has 0 spiro atoms. The minimum absolute atomic E-state index is 0.349. The van der Waals surface area contributed by atoms with Crippen molar-refractivity contribution < 1.29 is 4.74 Å². The second-order valence-corrected chi connectivity index (χ2v) is 7.19. The molecule has 2 aliphatic heterocycles. The summed E-state index contributed by atoms with van der Waals surface area (Å²) in [5, 5.41) is 2.24. The molecule has 3 aliphatic rings. The number of nitrogens with one attached hydrogen (secondary N) is 1. The Morgan fingerprint density at radius 3 is 2.58 bits per heavy atom. The summed E-state index contributed by atoms with van der Waals surface area (Å²) in [6.07, 6.45) is 6.47. The lowest BCUT2D eigenvalue weighted by atomic mass is 9.98. The Kier molecular flexibility index (Phi) is 4.44. The van der Waals surface area contributed by atoms with Crippen molar-refractivity contribution in [2.75, 3.05) is 31.2 Å². The molecule has 2 saturated heterocycles. The Bertz CT molecular complexity index is 630. The number of nitrogens with zero attached hydrogens (tertiary/aromatic N) is 2. The molecule has 2 heterocycles. The SMILES string of the molecule is CC1CN(CCC2=CC=C3C2CNN3c2ccccc2)CC(C)O1. The highest BCUT2D eigenvalue weighted by Gasteiger charge is 2.34. The van der Waals surface area contributed by atoms with Gasteiger partial charge in [-0.3, -0.25) is 9.91 Å². The van der Waals surface area contributed by atoms with Gasteiger partial charge in [0.2, 0.25) is 0 Å². The van der Waals surface area contributed by atoms with Crippen molar-refractivity contribution in [1.82, 2.24) is 10.3 Å². The number of hydrogen-bond donors (Lipinski definition) is 1. The smallest absolute Gasteiger partial charge is 0.0678 e. The minimum atomic E-state index is 0.349. The van der Waals surface area contributed by atoms with Gasteiger partial charge in [0.15, 0.2) is 0 Å². The Hall–Kier alpha value is -1.62. The lowest BCUT2D eigenvalue weighted by molar-refractivity contribution is -0.0676. The molecule has 0 bridgehead atoms. The topological polar surface area (TPSA) is 27.7 Å². The summed E-state index contributed by atoms with van der Waals surface area (Å²) in [7, 11) is 0. The van der Waals surface area contributed by atoms with E-state index in [1.54, 1.807) is 5.57 Å². The number of hydrazine groups is 1. The van der Waals surface area contributed by atoms with E-state index in [-0.39, 0.29) is 0 Å². The molecule has 24 heavy (non-hydrogen) atoms. The molecule has 0 amide bonds. The van der Waals surface area contributed by atoms with Crippen LogP contribution in [0.2, 0.25) is 0 Å². The third-order valence-electron chi connectivity index (χ3n) is 5.21. The molecule has 3 unspecified atom stereocenters. The van der Waals surface area contributed by atoms with Gasteiger partial charge in [0.05, 0.1) is 17.9 Å². The molecule has 128 valence electrons. The van der Waals surface area contributed by atoms with Gasteiger partial charge in [0.1, 0.15) is 0 Å². The van der Waals surface area contributed by atoms with E-state index < -0.39 is 0 Å². The maximum absolute atomic E-state index is 5.84. The average Bonchev–Trinajstić information content (AvgIpc) is 3.15. The average molecular weight is 325 g/mol. The second kappa shape index (κ2) is 6.71. The molecule has 0 aromatic heterocycles. The summed E-state index contributed by atoms with van der Waals surface area (Å²) in [6.45, 7) is 8.59. The van der Waals surface area contributed by atoms with E-state index in [1.165, 1.54) is 11.4 Å². The van der Waals surface area contributed by atoms with E-state index in [0.717, 1.165) is 32.6 Å². The number of fused-ring (bicyclic) bond motifs is 1. The van der Waals surface area contributed by atoms with Crippen molar-refractivity contribution in [3.8, 4) is 0 Å². The van der Waals surface area contributed by atoms with Crippen LogP contribution in [0.3, 0.4) is 0 Å². The van der Waals surface area contributed by atoms with Crippen LogP contribution in [-0.4, -0.2) is 43.3 Å². The van der Waals surface area contributed by atoms with Crippen molar-refractivity contribution in [3.63, 3.8) is 0 Å². The van der Waals surface area contributed by atoms with E-state index in [0.29, 0.717) is 18.1 Å². The van der Waals surface area contributed by atoms with E-state index in [2.05, 4.69) is 71.7 Å². The molecule has 1 aliphatic carbocycles. The summed E-state index contributed by atoms with van der Waals surface area (Å²) in [4.78, 5) is 2.55. The number of ether oxygens (including phenoxy) is 1. The van der Waals surface area contributed by atoms with Crippen LogP contribution in [0.25, 0.3) is 0 Å². The lowest BCUT2D eigenvalue weighted by Gasteiger charge is -2.35. The van der Waals surface area contributed by atoms with Crippen molar-refractivity contribution in [1.29, 1.82) is 0 Å². The third kappa shape index (κ3) is 3.14. The Labute approximate surface area is 144 Å². The van der Waals surface area contributed by atoms with Gasteiger partial charge in [-0.25, -0.2) is 5.43 Å². The van der Waals surface area contributed by atoms with Crippen molar-refractivity contribution in [2.45, 2.75) is 32.5 Å². The van der Waals surface area contributed by atoms with Crippen LogP contribution in [0.1, 0.15) is 20.3 Å². The summed E-state index contributed by atoms with van der Waals surface area (Å²) in [5.74, 6) is 0.529. The number of morpholine rings is 1. The van der Waals surface area contributed by atoms with Gasteiger partial charge in [-0.2, -0.15) is 0 Å². The zero-order chi connectivity index (χ0) is 16.5. The number of anilines is 1. The number of para-hydroxylation sites is 1. The predicted molar refractivity (Wildman–Crippen MR) is 97.6 cm³/mol. The monoisotopic (exact) mass is 325 g/mol. The predicted octanol–water partition coefficient (Wildman–Crippen LogP) is 2.95. The van der Waals surface area contributed by atoms with Crippen LogP contribution >= 0.6 is 0 Å². The maximum atomic E-state index is 5.84. The molecule has 4 heteroatoms. The van der Waals surface area contributed by atoms with Gasteiger partial charge in [-0.15, -0.1) is 0 Å². The molecule has 1 N–H and O–H groups in total. The molecule has 4 rings (SSSR count). The zero-order valence-corrected chi connectivity index (χ0v) is 14.6. The Balaban J connectivity index is 1.35. The molecule has 3 atom stereocenters. The maximum Gasteiger partial charge on any atom is 0.0678 e. The molecule has 4 nitrogen and oxygen atoms in total. The number of benzene rings is 1. The molecule has 1 aromatic rings. The van der Waals surface area contributed by atoms with Crippen LogP contribution in [0.5, 0.6) is 0 Å². The van der Waals surface area contributed by atoms with Crippen molar-refractivity contribution in [2.24, 2.45) is 5.92 Å². The first-order valence-electron chi connectivity index (χ1n) is 9.08. The molecule has 1 aromatic carbocycles. The van der Waals surface area contributed by atoms with Gasteiger partial charge in [0, 0.05) is 37.8 Å². The van der Waals surface area contributed by atoms with E-state index >= 15 is 0 Å². The standard InChI is InChI=1S/C20H27N3O/c1-15-13-22(14-16(2)24-15)11-10-17-8-9-20-19(17)12-21-23(20)18-6-4-3-5-7-18/h3-9,15-16,19,21H,10-14H2,1-2H3. The summed E-state index contributed by atoms with van der Waals surface area (Å²) >= 11 is 0. The normalized spacial score (nSPS) is 30.2. The third-order valence-corrected chi connectivity index (χ3v) is 5.21. The van der Waals surface area contributed by atoms with Crippen LogP contribution in [0, 0.1) is 5.92 Å². The Morgan fingerprint density at radius 2 is 1.83 bits per heavy atom. The van der Waals surface area contributed by atoms with E-state index in [4.69, 9.17) is 4.74 Å². The largest absolute Gasteiger partial charge is 0.373 e. The fourth-order valence-corrected chi connectivity index (χ4v) is 4.18. The van der Waals surface area contributed by atoms with Crippen LogP contribution in [-0.2, 0) is 4.74 Å². The summed E-state index contributed by atoms with van der Waals surface area (Å²) in [5.41, 5.74) is 7.71. The molecule has 0 saturated carbocycles. The van der Waals surface area contributed by atoms with Gasteiger partial charge in [0.25, 0.3) is 0 Å². The van der Waals surface area contributed by atoms with Crippen molar-refractivity contribution >= 4 is 5.69 Å². The van der Waals surface area contributed by atoms with Gasteiger partial charge < -0.3 is 4.74 Å². The highest BCUT2D eigenvalue weighted by atomic mass is 16.5. The first-order valence-corrected chi connectivity index (χ1v) is 9.08. The number of allylic oxidation sites excluding steroid dienone is 2. The first-order chi connectivity index (χ1) is 11.7. The molecule has 2 fully saturated rings. The fourth-order valence-electron chi connectivity index (χ4n) is 4.18. The van der Waals surface area contributed by atoms with Gasteiger partial charge in [-0.05, 0) is 38.5 Å².